The Morgan fingerprint density at radius 3 is 2.71 bits per heavy atom. The summed E-state index contributed by atoms with van der Waals surface area (Å²) >= 11 is 0. The van der Waals surface area contributed by atoms with Gasteiger partial charge in [0.25, 0.3) is 5.91 Å². The number of carbonyl (C=O) groups excluding carboxylic acids is 3. The van der Waals surface area contributed by atoms with Crippen LogP contribution >= 0.6 is 0 Å². The van der Waals surface area contributed by atoms with Gasteiger partial charge in [-0.3, -0.25) is 24.6 Å². The first-order chi connectivity index (χ1) is 16.4. The van der Waals surface area contributed by atoms with Crippen molar-refractivity contribution in [1.29, 1.82) is 5.26 Å². The molecule has 5 rings (SSSR count). The van der Waals surface area contributed by atoms with E-state index >= 15 is 0 Å². The Kier molecular flexibility index (Phi) is 5.75. The van der Waals surface area contributed by atoms with E-state index in [1.165, 1.54) is 11.0 Å². The van der Waals surface area contributed by atoms with Crippen LogP contribution in [0.5, 0.6) is 5.75 Å². The smallest absolute Gasteiger partial charge is 0.255 e. The number of benzene rings is 2. The third kappa shape index (κ3) is 4.13. The van der Waals surface area contributed by atoms with Crippen LogP contribution in [0, 0.1) is 17.1 Å². The number of piperidine rings is 1. The minimum atomic E-state index is -0.637. The lowest BCUT2D eigenvalue weighted by atomic mass is 9.90. The molecule has 3 aliphatic rings. The van der Waals surface area contributed by atoms with Crippen LogP contribution in [0.3, 0.4) is 0 Å². The molecule has 0 saturated carbocycles. The third-order valence-electron chi connectivity index (χ3n) is 6.70. The molecule has 0 bridgehead atoms. The number of ether oxygens (including phenoxy) is 1. The van der Waals surface area contributed by atoms with Crippen molar-refractivity contribution in [3.63, 3.8) is 0 Å². The maximum absolute atomic E-state index is 14.2. The topological polar surface area (TPSA) is 103 Å². The van der Waals surface area contributed by atoms with Gasteiger partial charge in [0, 0.05) is 44.1 Å². The average molecular weight is 462 g/mol. The van der Waals surface area contributed by atoms with Gasteiger partial charge in [-0.25, -0.2) is 4.39 Å². The molecule has 3 amide bonds. The van der Waals surface area contributed by atoms with Crippen LogP contribution in [0.15, 0.2) is 36.4 Å². The van der Waals surface area contributed by atoms with Gasteiger partial charge in [-0.2, -0.15) is 5.26 Å². The van der Waals surface area contributed by atoms with Crippen LogP contribution in [0.1, 0.15) is 45.8 Å². The Morgan fingerprint density at radius 2 is 1.97 bits per heavy atom. The van der Waals surface area contributed by atoms with Crippen LogP contribution in [0.25, 0.3) is 0 Å². The van der Waals surface area contributed by atoms with Gasteiger partial charge in [0.05, 0.1) is 11.6 Å². The summed E-state index contributed by atoms with van der Waals surface area (Å²) in [4.78, 5) is 40.0. The first kappa shape index (κ1) is 22.0. The highest BCUT2D eigenvalue weighted by Crippen LogP contribution is 2.31. The molecule has 174 valence electrons. The van der Waals surface area contributed by atoms with Crippen molar-refractivity contribution in [2.75, 3.05) is 26.2 Å². The van der Waals surface area contributed by atoms with Crippen molar-refractivity contribution in [2.45, 2.75) is 31.3 Å². The number of carbonyl (C=O) groups is 3. The molecule has 2 aromatic carbocycles. The van der Waals surface area contributed by atoms with Crippen LogP contribution in [-0.2, 0) is 16.1 Å². The van der Waals surface area contributed by atoms with Crippen LogP contribution in [0.4, 0.5) is 4.39 Å². The second kappa shape index (κ2) is 8.88. The fraction of sp³-hybridized carbons (Fsp3) is 0.360. The second-order valence-corrected chi connectivity index (χ2v) is 8.87. The monoisotopic (exact) mass is 462 g/mol. The molecule has 0 aromatic heterocycles. The van der Waals surface area contributed by atoms with E-state index in [4.69, 9.17) is 10.00 Å². The Morgan fingerprint density at radius 1 is 1.15 bits per heavy atom. The molecule has 9 heteroatoms. The van der Waals surface area contributed by atoms with E-state index in [0.717, 1.165) is 18.7 Å². The summed E-state index contributed by atoms with van der Waals surface area (Å²) in [7, 11) is 0. The Hall–Kier alpha value is -3.77. The molecule has 8 nitrogen and oxygen atoms in total. The molecule has 3 heterocycles. The predicted molar refractivity (Wildman–Crippen MR) is 118 cm³/mol. The number of fused-ring (bicyclic) bond motifs is 1. The van der Waals surface area contributed by atoms with Crippen molar-refractivity contribution in [2.24, 2.45) is 0 Å². The number of rotatable bonds is 6. The first-order valence-corrected chi connectivity index (χ1v) is 11.2. The van der Waals surface area contributed by atoms with E-state index < -0.39 is 11.9 Å². The number of imide groups is 1. The van der Waals surface area contributed by atoms with E-state index in [9.17, 15) is 18.8 Å². The molecule has 0 spiro atoms. The van der Waals surface area contributed by atoms with Crippen LogP contribution < -0.4 is 10.1 Å². The van der Waals surface area contributed by atoms with Crippen molar-refractivity contribution in [3.8, 4) is 11.8 Å². The number of nitrogens with zero attached hydrogens (tertiary/aromatic N) is 3. The molecule has 2 aromatic rings. The maximum atomic E-state index is 14.2. The fourth-order valence-corrected chi connectivity index (χ4v) is 4.81. The summed E-state index contributed by atoms with van der Waals surface area (Å²) in [5.74, 6) is -0.528. The van der Waals surface area contributed by atoms with Gasteiger partial charge in [0.1, 0.15) is 24.2 Å². The molecular formula is C25H23FN4O4. The van der Waals surface area contributed by atoms with E-state index in [1.54, 1.807) is 24.3 Å². The number of likely N-dealkylation sites (tertiary alicyclic amines) is 1. The number of nitriles is 1. The van der Waals surface area contributed by atoms with Gasteiger partial charge in [-0.15, -0.1) is 0 Å². The van der Waals surface area contributed by atoms with Gasteiger partial charge >= 0.3 is 0 Å². The lowest BCUT2D eigenvalue weighted by Crippen LogP contribution is -2.52. The molecular weight excluding hydrogens is 439 g/mol. The molecule has 34 heavy (non-hydrogen) atoms. The van der Waals surface area contributed by atoms with E-state index in [1.807, 2.05) is 12.1 Å². The van der Waals surface area contributed by atoms with Gasteiger partial charge in [-0.05, 0) is 47.9 Å². The lowest BCUT2D eigenvalue weighted by Gasteiger charge is -2.39. The number of hydrogen-bond acceptors (Lipinski definition) is 6. The normalized spacial score (nSPS) is 20.5. The van der Waals surface area contributed by atoms with Crippen molar-refractivity contribution >= 4 is 17.7 Å². The quantitative estimate of drug-likeness (QED) is 0.659. The predicted octanol–water partition coefficient (Wildman–Crippen LogP) is 1.94. The molecule has 0 radical (unpaired) electrons. The zero-order chi connectivity index (χ0) is 23.8. The Bertz CT molecular complexity index is 1220. The highest BCUT2D eigenvalue weighted by molar-refractivity contribution is 6.05. The van der Waals surface area contributed by atoms with Gasteiger partial charge in [-0.1, -0.05) is 6.07 Å². The van der Waals surface area contributed by atoms with E-state index in [-0.39, 0.29) is 30.0 Å². The maximum Gasteiger partial charge on any atom is 0.255 e. The molecule has 2 fully saturated rings. The van der Waals surface area contributed by atoms with E-state index in [2.05, 4.69) is 10.2 Å². The SMILES string of the molecule is N#Cc1ccc(C2CN(CCOc3ccc4c(c3)CN(C3CCC(=O)NC3=O)C4=O)C2)c(F)c1. The molecule has 0 aliphatic carbocycles. The number of nitrogens with one attached hydrogen (secondary N) is 1. The number of halogens is 1. The molecule has 1 N–H and O–H groups in total. The van der Waals surface area contributed by atoms with Crippen molar-refractivity contribution < 1.29 is 23.5 Å². The molecule has 1 atom stereocenters. The standard InChI is InChI=1S/C25H23FN4O4/c26-21-9-15(11-27)1-3-19(21)17-12-29(13-17)7-8-34-18-2-4-20-16(10-18)14-30(25(20)33)22-5-6-23(31)28-24(22)32/h1-4,9-10,17,22H,5-8,12-14H2,(H,28,31,32). The average Bonchev–Trinajstić information content (AvgIpc) is 3.11. The van der Waals surface area contributed by atoms with Crippen molar-refractivity contribution in [1.82, 2.24) is 15.1 Å². The van der Waals surface area contributed by atoms with E-state index in [0.29, 0.717) is 48.6 Å². The third-order valence-corrected chi connectivity index (χ3v) is 6.70. The summed E-state index contributed by atoms with van der Waals surface area (Å²) in [6.45, 7) is 2.90. The number of hydrogen-bond donors (Lipinski definition) is 1. The zero-order valence-corrected chi connectivity index (χ0v) is 18.4. The Labute approximate surface area is 195 Å². The highest BCUT2D eigenvalue weighted by atomic mass is 19.1. The summed E-state index contributed by atoms with van der Waals surface area (Å²) in [6.07, 6.45) is 0.553. The van der Waals surface area contributed by atoms with Gasteiger partial charge in [0.15, 0.2) is 0 Å². The van der Waals surface area contributed by atoms with Crippen LogP contribution in [-0.4, -0.2) is 59.8 Å². The second-order valence-electron chi connectivity index (χ2n) is 8.87. The van der Waals surface area contributed by atoms with Crippen molar-refractivity contribution in [3.05, 3.63) is 64.5 Å². The van der Waals surface area contributed by atoms with Crippen LogP contribution in [0.2, 0.25) is 0 Å². The number of amides is 3. The zero-order valence-electron chi connectivity index (χ0n) is 18.4. The summed E-state index contributed by atoms with van der Waals surface area (Å²) in [5.41, 5.74) is 2.31. The first-order valence-electron chi connectivity index (χ1n) is 11.2. The Balaban J connectivity index is 1.12. The summed E-state index contributed by atoms with van der Waals surface area (Å²) in [6, 6.07) is 11.2. The lowest BCUT2D eigenvalue weighted by molar-refractivity contribution is -0.136. The highest BCUT2D eigenvalue weighted by Gasteiger charge is 2.39. The van der Waals surface area contributed by atoms with Gasteiger partial charge < -0.3 is 9.64 Å². The minimum absolute atomic E-state index is 0.108. The fourth-order valence-electron chi connectivity index (χ4n) is 4.81. The molecule has 1 unspecified atom stereocenters. The minimum Gasteiger partial charge on any atom is -0.492 e. The van der Waals surface area contributed by atoms with Gasteiger partial charge in [0.2, 0.25) is 11.8 Å². The molecule has 2 saturated heterocycles. The largest absolute Gasteiger partial charge is 0.492 e. The summed E-state index contributed by atoms with van der Waals surface area (Å²) < 4.78 is 20.0. The molecule has 3 aliphatic heterocycles. The summed E-state index contributed by atoms with van der Waals surface area (Å²) in [5, 5.41) is 11.2.